The standard InChI is InChI=1S/C40H60F2N12O5/c1-38-22-44-11-14-47-25-39(26-48-15-12-45-23-38,27-49-16-13-46-24-38)53-35(56)5-2-4-34(55)51-9-3-17-59-30-6-7-33-32(18-30)31(8-10-50-33)37(58)52-21-36(57)54-28-40(41,42)19-29(54)20-43/h6-8,10,18,29,44-49H,2-5,9,11-17,19,21-28H2,1H3,(H,51,55)(H,52,58)(H,53,56)/p+1/t29-,38?,39?/m0/s1. The number of benzene rings is 1. The normalized spacial score (nSPS) is 24.3. The number of pyridine rings is 1. The number of rotatable bonds is 13. The fraction of sp³-hybridized carbons (Fsp3) is 0.650. The lowest BCUT2D eigenvalue weighted by Gasteiger charge is -2.36. The number of aromatic nitrogens is 1. The molecule has 59 heavy (non-hydrogen) atoms. The summed E-state index contributed by atoms with van der Waals surface area (Å²) in [6, 6.07) is 6.98. The first-order valence-electron chi connectivity index (χ1n) is 20.7. The van der Waals surface area contributed by atoms with Crippen LogP contribution in [-0.2, 0) is 14.4 Å². The van der Waals surface area contributed by atoms with E-state index in [4.69, 9.17) is 4.74 Å². The summed E-state index contributed by atoms with van der Waals surface area (Å²) in [5.74, 6) is -4.31. The van der Waals surface area contributed by atoms with Crippen molar-refractivity contribution in [2.75, 3.05) is 105 Å². The van der Waals surface area contributed by atoms with Crippen LogP contribution in [0.2, 0.25) is 0 Å². The molecule has 19 heteroatoms. The van der Waals surface area contributed by atoms with Crippen molar-refractivity contribution in [1.82, 2.24) is 52.4 Å². The van der Waals surface area contributed by atoms with Gasteiger partial charge in [-0.1, -0.05) is 6.92 Å². The molecule has 0 unspecified atom stereocenters. The number of carbonyl (C=O) groups excluding carboxylic acids is 4. The maximum absolute atomic E-state index is 13.8. The van der Waals surface area contributed by atoms with E-state index in [1.54, 1.807) is 24.3 Å². The van der Waals surface area contributed by atoms with E-state index in [2.05, 4.69) is 59.8 Å². The molecule has 324 valence electrons. The second-order valence-corrected chi connectivity index (χ2v) is 16.2. The first kappa shape index (κ1) is 45.5. The topological polar surface area (TPSA) is 230 Å². The lowest BCUT2D eigenvalue weighted by Crippen LogP contribution is -2.92. The average Bonchev–Trinajstić information content (AvgIpc) is 3.54. The third-order valence-electron chi connectivity index (χ3n) is 10.8. The summed E-state index contributed by atoms with van der Waals surface area (Å²) in [5, 5.41) is 38.5. The molecule has 4 amide bonds. The second kappa shape index (κ2) is 22.1. The molecule has 0 saturated carbocycles. The molecule has 4 aliphatic rings. The molecular formula is C40H61F2N12O5+. The van der Waals surface area contributed by atoms with Crippen LogP contribution in [0.3, 0.4) is 0 Å². The highest BCUT2D eigenvalue weighted by molar-refractivity contribution is 6.07. The van der Waals surface area contributed by atoms with Crippen molar-refractivity contribution in [3.63, 3.8) is 0 Å². The smallest absolute Gasteiger partial charge is 0.268 e. The van der Waals surface area contributed by atoms with E-state index in [0.717, 1.165) is 63.8 Å². The third-order valence-corrected chi connectivity index (χ3v) is 10.8. The van der Waals surface area contributed by atoms with E-state index in [0.29, 0.717) is 55.7 Å². The quantitative estimate of drug-likeness (QED) is 0.102. The molecule has 6 rings (SSSR count). The Bertz CT molecular complexity index is 1730. The van der Waals surface area contributed by atoms with Crippen LogP contribution < -0.4 is 52.6 Å². The number of quaternary nitrogens is 1. The van der Waals surface area contributed by atoms with Gasteiger partial charge in [0.1, 0.15) is 23.9 Å². The minimum absolute atomic E-state index is 0.0848. The Balaban J connectivity index is 1.03. The zero-order chi connectivity index (χ0) is 42.1. The molecule has 1 aromatic carbocycles. The van der Waals surface area contributed by atoms with Gasteiger partial charge in [-0.2, -0.15) is 5.26 Å². The predicted octanol–water partition coefficient (Wildman–Crippen LogP) is -1.82. The van der Waals surface area contributed by atoms with E-state index < -0.39 is 48.8 Å². The number of halogens is 2. The second-order valence-electron chi connectivity index (χ2n) is 16.2. The summed E-state index contributed by atoms with van der Waals surface area (Å²) in [6.07, 6.45) is 2.07. The molecule has 0 aliphatic carbocycles. The summed E-state index contributed by atoms with van der Waals surface area (Å²) >= 11 is 0. The van der Waals surface area contributed by atoms with Gasteiger partial charge in [0.15, 0.2) is 0 Å². The summed E-state index contributed by atoms with van der Waals surface area (Å²) in [5.41, 5.74) is 0.320. The van der Waals surface area contributed by atoms with E-state index in [-0.39, 0.29) is 42.2 Å². The molecule has 4 fully saturated rings. The highest BCUT2D eigenvalue weighted by atomic mass is 19.3. The zero-order valence-electron chi connectivity index (χ0n) is 34.0. The van der Waals surface area contributed by atoms with Gasteiger partial charge in [-0.25, -0.2) is 8.78 Å². The van der Waals surface area contributed by atoms with Gasteiger partial charge in [0, 0.05) is 108 Å². The molecule has 10 N–H and O–H groups in total. The maximum Gasteiger partial charge on any atom is 0.268 e. The molecular weight excluding hydrogens is 767 g/mol. The first-order valence-corrected chi connectivity index (χ1v) is 20.7. The van der Waals surface area contributed by atoms with Crippen LogP contribution >= 0.6 is 0 Å². The summed E-state index contributed by atoms with van der Waals surface area (Å²) in [4.78, 5) is 56.7. The van der Waals surface area contributed by atoms with Crippen molar-refractivity contribution < 1.29 is 38.0 Å². The number of ether oxygens (including phenoxy) is 1. The molecule has 4 aliphatic heterocycles. The molecule has 2 bridgehead atoms. The van der Waals surface area contributed by atoms with Crippen molar-refractivity contribution in [2.45, 2.75) is 56.5 Å². The summed E-state index contributed by atoms with van der Waals surface area (Å²) < 4.78 is 33.5. The van der Waals surface area contributed by atoms with Crippen LogP contribution in [0.1, 0.15) is 49.4 Å². The van der Waals surface area contributed by atoms with E-state index >= 15 is 0 Å². The van der Waals surface area contributed by atoms with Gasteiger partial charge >= 0.3 is 0 Å². The Morgan fingerprint density at radius 3 is 2.32 bits per heavy atom. The molecule has 2 aromatic rings. The number of likely N-dealkylation sites (tertiary alicyclic amines) is 1. The van der Waals surface area contributed by atoms with Crippen molar-refractivity contribution in [3.05, 3.63) is 36.0 Å². The number of nitrogens with zero attached hydrogens (tertiary/aromatic N) is 3. The monoisotopic (exact) mass is 827 g/mol. The van der Waals surface area contributed by atoms with Gasteiger partial charge in [0.05, 0.1) is 43.4 Å². The highest BCUT2D eigenvalue weighted by Crippen LogP contribution is 2.31. The SMILES string of the molecule is CC12CNCCNCC(NC(=O)CCCC(=O)NCCCOc3ccc4nccc(C(=O)NCC(=O)N5CC(F)(F)C[C@H]5C#N)c4c3)(CNCCNC1)C[NH2+]CCNC2. The van der Waals surface area contributed by atoms with Gasteiger partial charge in [0.25, 0.3) is 11.8 Å². The summed E-state index contributed by atoms with van der Waals surface area (Å²) in [7, 11) is 0. The Morgan fingerprint density at radius 2 is 1.61 bits per heavy atom. The molecule has 0 spiro atoms. The zero-order valence-corrected chi connectivity index (χ0v) is 34.0. The molecule has 17 nitrogen and oxygen atoms in total. The van der Waals surface area contributed by atoms with Crippen LogP contribution in [0, 0.1) is 16.7 Å². The van der Waals surface area contributed by atoms with E-state index in [1.807, 2.05) is 0 Å². The number of nitrogens with one attached hydrogen (secondary N) is 8. The number of alkyl halides is 2. The summed E-state index contributed by atoms with van der Waals surface area (Å²) in [6.45, 7) is 11.2. The number of amides is 4. The number of carbonyl (C=O) groups is 4. The van der Waals surface area contributed by atoms with Crippen LogP contribution in [-0.4, -0.2) is 156 Å². The lowest BCUT2D eigenvalue weighted by atomic mass is 9.90. The predicted molar refractivity (Wildman–Crippen MR) is 217 cm³/mol. The Kier molecular flexibility index (Phi) is 17.1. The lowest BCUT2D eigenvalue weighted by molar-refractivity contribution is -0.659. The van der Waals surface area contributed by atoms with Crippen molar-refractivity contribution >= 4 is 34.5 Å². The minimum Gasteiger partial charge on any atom is -0.494 e. The number of hydrogen-bond acceptors (Lipinski definition) is 12. The van der Waals surface area contributed by atoms with Crippen molar-refractivity contribution in [2.24, 2.45) is 5.41 Å². The number of nitrogens with two attached hydrogens (primary N) is 1. The van der Waals surface area contributed by atoms with Gasteiger partial charge in [-0.05, 0) is 37.1 Å². The molecule has 5 heterocycles. The van der Waals surface area contributed by atoms with E-state index in [9.17, 15) is 33.2 Å². The third kappa shape index (κ3) is 14.3. The van der Waals surface area contributed by atoms with Crippen LogP contribution in [0.25, 0.3) is 10.9 Å². The van der Waals surface area contributed by atoms with Gasteiger partial charge in [0.2, 0.25) is 17.7 Å². The molecule has 1 atom stereocenters. The fourth-order valence-corrected chi connectivity index (χ4v) is 7.60. The number of hydrogen-bond donors (Lipinski definition) is 9. The van der Waals surface area contributed by atoms with Crippen molar-refractivity contribution in [3.8, 4) is 11.8 Å². The van der Waals surface area contributed by atoms with Gasteiger partial charge in [-0.15, -0.1) is 0 Å². The first-order chi connectivity index (χ1) is 28.4. The minimum atomic E-state index is -3.16. The Labute approximate surface area is 344 Å². The highest BCUT2D eigenvalue weighted by Gasteiger charge is 2.47. The molecule has 1 aromatic heterocycles. The fourth-order valence-electron chi connectivity index (χ4n) is 7.60. The Hall–Kier alpha value is -4.58. The van der Waals surface area contributed by atoms with Crippen molar-refractivity contribution in [1.29, 1.82) is 5.26 Å². The Morgan fingerprint density at radius 1 is 0.932 bits per heavy atom. The van der Waals surface area contributed by atoms with E-state index in [1.165, 1.54) is 12.3 Å². The molecule has 4 saturated heterocycles. The van der Waals surface area contributed by atoms with Gasteiger partial charge < -0.3 is 57.5 Å². The van der Waals surface area contributed by atoms with Crippen LogP contribution in [0.5, 0.6) is 5.75 Å². The number of fused-ring (bicyclic) bond motifs is 16. The maximum atomic E-state index is 13.8. The van der Waals surface area contributed by atoms with Gasteiger partial charge in [-0.3, -0.25) is 24.2 Å². The van der Waals surface area contributed by atoms with Crippen LogP contribution in [0.4, 0.5) is 8.78 Å². The molecule has 0 radical (unpaired) electrons. The average molecular weight is 828 g/mol. The van der Waals surface area contributed by atoms with Crippen LogP contribution in [0.15, 0.2) is 30.5 Å². The largest absolute Gasteiger partial charge is 0.494 e. The number of nitriles is 1.